The SMILES string of the molecule is CC(C)c1cc(Br)ccc1OCCCc1ccccc1. The summed E-state index contributed by atoms with van der Waals surface area (Å²) in [7, 11) is 0. The molecule has 0 saturated carbocycles. The van der Waals surface area contributed by atoms with Gasteiger partial charge in [0.15, 0.2) is 0 Å². The van der Waals surface area contributed by atoms with Crippen LogP contribution in [0.25, 0.3) is 0 Å². The molecule has 0 fully saturated rings. The molecular formula is C18H21BrO. The number of ether oxygens (including phenoxy) is 1. The minimum absolute atomic E-state index is 0.469. The molecule has 2 rings (SSSR count). The summed E-state index contributed by atoms with van der Waals surface area (Å²) in [4.78, 5) is 0. The first-order valence-corrected chi connectivity index (χ1v) is 7.92. The van der Waals surface area contributed by atoms with Gasteiger partial charge >= 0.3 is 0 Å². The molecule has 20 heavy (non-hydrogen) atoms. The fraction of sp³-hybridized carbons (Fsp3) is 0.333. The number of halogens is 1. The molecule has 1 nitrogen and oxygen atoms in total. The molecule has 0 saturated heterocycles. The molecule has 106 valence electrons. The molecule has 0 heterocycles. The van der Waals surface area contributed by atoms with Gasteiger partial charge in [-0.1, -0.05) is 60.1 Å². The Morgan fingerprint density at radius 2 is 1.80 bits per heavy atom. The maximum Gasteiger partial charge on any atom is 0.122 e. The van der Waals surface area contributed by atoms with Crippen molar-refractivity contribution in [2.45, 2.75) is 32.6 Å². The van der Waals surface area contributed by atoms with E-state index in [-0.39, 0.29) is 0 Å². The molecule has 0 amide bonds. The fourth-order valence-corrected chi connectivity index (χ4v) is 2.58. The van der Waals surface area contributed by atoms with Gasteiger partial charge in [-0.15, -0.1) is 0 Å². The molecule has 2 aromatic carbocycles. The predicted octanol–water partition coefficient (Wildman–Crippen LogP) is 5.58. The van der Waals surface area contributed by atoms with E-state index >= 15 is 0 Å². The topological polar surface area (TPSA) is 9.23 Å². The molecule has 2 heteroatoms. The third kappa shape index (κ3) is 4.38. The number of rotatable bonds is 6. The molecule has 0 aromatic heterocycles. The number of benzene rings is 2. The summed E-state index contributed by atoms with van der Waals surface area (Å²) in [6, 6.07) is 16.8. The zero-order valence-corrected chi connectivity index (χ0v) is 13.7. The first-order valence-electron chi connectivity index (χ1n) is 7.13. The summed E-state index contributed by atoms with van der Waals surface area (Å²) in [6.45, 7) is 5.15. The van der Waals surface area contributed by atoms with Crippen LogP contribution in [-0.4, -0.2) is 6.61 Å². The molecule has 0 radical (unpaired) electrons. The molecule has 2 aromatic rings. The summed E-state index contributed by atoms with van der Waals surface area (Å²) >= 11 is 3.52. The highest BCUT2D eigenvalue weighted by Crippen LogP contribution is 2.29. The van der Waals surface area contributed by atoms with Crippen LogP contribution in [0.3, 0.4) is 0 Å². The molecule has 0 atom stereocenters. The van der Waals surface area contributed by atoms with Crippen molar-refractivity contribution in [3.8, 4) is 5.75 Å². The summed E-state index contributed by atoms with van der Waals surface area (Å²) in [6.07, 6.45) is 2.10. The van der Waals surface area contributed by atoms with Crippen molar-refractivity contribution in [1.29, 1.82) is 0 Å². The van der Waals surface area contributed by atoms with Crippen molar-refractivity contribution in [1.82, 2.24) is 0 Å². The number of aryl methyl sites for hydroxylation is 1. The van der Waals surface area contributed by atoms with Gasteiger partial charge in [0.05, 0.1) is 6.61 Å². The average molecular weight is 333 g/mol. The lowest BCUT2D eigenvalue weighted by atomic mass is 10.0. The monoisotopic (exact) mass is 332 g/mol. The maximum absolute atomic E-state index is 5.95. The van der Waals surface area contributed by atoms with E-state index in [0.717, 1.165) is 29.7 Å². The second-order valence-electron chi connectivity index (χ2n) is 5.27. The van der Waals surface area contributed by atoms with Crippen LogP contribution in [0.5, 0.6) is 5.75 Å². The van der Waals surface area contributed by atoms with Crippen LogP contribution >= 0.6 is 15.9 Å². The fourth-order valence-electron chi connectivity index (χ4n) is 2.21. The van der Waals surface area contributed by atoms with Gasteiger partial charge in [0.2, 0.25) is 0 Å². The lowest BCUT2D eigenvalue weighted by molar-refractivity contribution is 0.306. The highest BCUT2D eigenvalue weighted by Gasteiger charge is 2.08. The van der Waals surface area contributed by atoms with E-state index in [1.807, 2.05) is 6.07 Å². The van der Waals surface area contributed by atoms with E-state index in [2.05, 4.69) is 72.2 Å². The Labute approximate surface area is 130 Å². The summed E-state index contributed by atoms with van der Waals surface area (Å²) in [5.74, 6) is 1.48. The second-order valence-corrected chi connectivity index (χ2v) is 6.19. The smallest absolute Gasteiger partial charge is 0.122 e. The molecule has 0 aliphatic heterocycles. The molecule has 0 aliphatic carbocycles. The lowest BCUT2D eigenvalue weighted by Gasteiger charge is -2.14. The number of hydrogen-bond acceptors (Lipinski definition) is 1. The van der Waals surface area contributed by atoms with Crippen LogP contribution in [0.4, 0.5) is 0 Å². The zero-order valence-electron chi connectivity index (χ0n) is 12.1. The maximum atomic E-state index is 5.95. The molecule has 0 unspecified atom stereocenters. The van der Waals surface area contributed by atoms with Gasteiger partial charge in [0.25, 0.3) is 0 Å². The normalized spacial score (nSPS) is 10.8. The Morgan fingerprint density at radius 3 is 2.50 bits per heavy atom. The van der Waals surface area contributed by atoms with Crippen molar-refractivity contribution >= 4 is 15.9 Å². The van der Waals surface area contributed by atoms with Gasteiger partial charge in [-0.25, -0.2) is 0 Å². The zero-order chi connectivity index (χ0) is 14.4. The van der Waals surface area contributed by atoms with Gasteiger partial charge < -0.3 is 4.74 Å². The first kappa shape index (κ1) is 15.1. The van der Waals surface area contributed by atoms with Crippen molar-refractivity contribution in [2.75, 3.05) is 6.61 Å². The molecule has 0 bridgehead atoms. The lowest BCUT2D eigenvalue weighted by Crippen LogP contribution is -2.02. The molecule has 0 aliphatic rings. The largest absolute Gasteiger partial charge is 0.493 e. The summed E-state index contributed by atoms with van der Waals surface area (Å²) < 4.78 is 7.06. The van der Waals surface area contributed by atoms with Crippen LogP contribution in [0.2, 0.25) is 0 Å². The van der Waals surface area contributed by atoms with E-state index in [4.69, 9.17) is 4.74 Å². The van der Waals surface area contributed by atoms with Crippen molar-refractivity contribution < 1.29 is 4.74 Å². The van der Waals surface area contributed by atoms with E-state index < -0.39 is 0 Å². The Morgan fingerprint density at radius 1 is 1.05 bits per heavy atom. The Balaban J connectivity index is 1.88. The predicted molar refractivity (Wildman–Crippen MR) is 88.5 cm³/mol. The first-order chi connectivity index (χ1) is 9.66. The Hall–Kier alpha value is -1.28. The van der Waals surface area contributed by atoms with E-state index in [0.29, 0.717) is 5.92 Å². The van der Waals surface area contributed by atoms with Crippen LogP contribution in [0.15, 0.2) is 53.0 Å². The third-order valence-corrected chi connectivity index (χ3v) is 3.80. The minimum atomic E-state index is 0.469. The summed E-state index contributed by atoms with van der Waals surface area (Å²) in [5, 5.41) is 0. The van der Waals surface area contributed by atoms with Crippen molar-refractivity contribution in [3.63, 3.8) is 0 Å². The standard InChI is InChI=1S/C18H21BrO/c1-14(2)17-13-16(19)10-11-18(17)20-12-6-9-15-7-4-3-5-8-15/h3-5,7-8,10-11,13-14H,6,9,12H2,1-2H3. The highest BCUT2D eigenvalue weighted by atomic mass is 79.9. The van der Waals surface area contributed by atoms with Crippen LogP contribution in [0.1, 0.15) is 37.3 Å². The van der Waals surface area contributed by atoms with Gasteiger partial charge in [-0.05, 0) is 48.1 Å². The van der Waals surface area contributed by atoms with Crippen molar-refractivity contribution in [2.24, 2.45) is 0 Å². The van der Waals surface area contributed by atoms with E-state index in [1.54, 1.807) is 0 Å². The summed E-state index contributed by atoms with van der Waals surface area (Å²) in [5.41, 5.74) is 2.63. The van der Waals surface area contributed by atoms with Gasteiger partial charge in [0, 0.05) is 4.47 Å². The quantitative estimate of drug-likeness (QED) is 0.627. The highest BCUT2D eigenvalue weighted by molar-refractivity contribution is 9.10. The average Bonchev–Trinajstić information content (AvgIpc) is 2.45. The third-order valence-electron chi connectivity index (χ3n) is 3.30. The van der Waals surface area contributed by atoms with Gasteiger partial charge in [-0.2, -0.15) is 0 Å². The van der Waals surface area contributed by atoms with Crippen LogP contribution in [0, 0.1) is 0 Å². The second kappa shape index (κ2) is 7.49. The molecule has 0 spiro atoms. The number of hydrogen-bond donors (Lipinski definition) is 0. The Kier molecular flexibility index (Phi) is 5.66. The minimum Gasteiger partial charge on any atom is -0.493 e. The Bertz CT molecular complexity index is 534. The van der Waals surface area contributed by atoms with Gasteiger partial charge in [0.1, 0.15) is 5.75 Å². The molecule has 0 N–H and O–H groups in total. The van der Waals surface area contributed by atoms with E-state index in [1.165, 1.54) is 11.1 Å². The molecular weight excluding hydrogens is 312 g/mol. The van der Waals surface area contributed by atoms with E-state index in [9.17, 15) is 0 Å². The van der Waals surface area contributed by atoms with Crippen LogP contribution < -0.4 is 4.74 Å². The van der Waals surface area contributed by atoms with Crippen molar-refractivity contribution in [3.05, 3.63) is 64.1 Å². The van der Waals surface area contributed by atoms with Crippen LogP contribution in [-0.2, 0) is 6.42 Å². The van der Waals surface area contributed by atoms with Gasteiger partial charge in [-0.3, -0.25) is 0 Å².